The summed E-state index contributed by atoms with van der Waals surface area (Å²) >= 11 is 0. The van der Waals surface area contributed by atoms with Gasteiger partial charge in [-0.3, -0.25) is 19.8 Å². The molecule has 0 atom stereocenters. The van der Waals surface area contributed by atoms with Crippen molar-refractivity contribution in [3.05, 3.63) is 189 Å². The molecule has 598 valence electrons. The summed E-state index contributed by atoms with van der Waals surface area (Å²) in [6, 6.07) is 28.4. The van der Waals surface area contributed by atoms with E-state index in [1.807, 2.05) is 36.4 Å². The standard InChI is InChI=1S/2C36H52N2O2.C6H14.2C4H8O.2C4H11Si.2Y/c2*1-33(2,3)26-17-24(31(39)29(19-26)35(7,8)9)21-38(23-28-15-13-14-16-37-28)22-25-18-27(34(4,5)6)20-30(32(25)40)36(10,11)12;1-3-5-6-4-2;2*1-2-4-5-3-1;2*1-5(2,3)4;;/h2*13-20,39-40H,21-23H2,1-12H3;3-6H2,1-2H3;2*1-4H2;2*1H2,2-4H3;;/q;;;;;2*-1;2*+3/p-4. The number of unbranched alkanes of at least 4 members (excludes halogenated alkanes) is 3. The average Bonchev–Trinajstić information content (AvgIpc) is 0.871. The number of hydrogen-bond acceptors (Lipinski definition) is 10. The van der Waals surface area contributed by atoms with Crippen LogP contribution in [0.1, 0.15) is 310 Å². The third kappa shape index (κ3) is 40.7. The van der Waals surface area contributed by atoms with Gasteiger partial charge >= 0.3 is 65.4 Å². The molecule has 0 bridgehead atoms. The average molecular weight is 1670 g/mol. The van der Waals surface area contributed by atoms with Crippen LogP contribution in [0.4, 0.5) is 0 Å². The summed E-state index contributed by atoms with van der Waals surface area (Å²) in [5.41, 5.74) is 11.4. The summed E-state index contributed by atoms with van der Waals surface area (Å²) in [5, 5.41) is 55.5. The fraction of sp³-hybridized carbons (Fsp3) is 0.617. The van der Waals surface area contributed by atoms with Crippen LogP contribution in [-0.4, -0.2) is 62.3 Å². The van der Waals surface area contributed by atoms with Crippen molar-refractivity contribution >= 4 is 16.1 Å². The van der Waals surface area contributed by atoms with Gasteiger partial charge in [-0.05, 0) is 160 Å². The van der Waals surface area contributed by atoms with Crippen molar-refractivity contribution in [3.8, 4) is 23.0 Å². The molecular formula is C94H152N4O6Si2Y2. The van der Waals surface area contributed by atoms with E-state index in [9.17, 15) is 20.4 Å². The zero-order chi connectivity index (χ0) is 81.4. The van der Waals surface area contributed by atoms with Gasteiger partial charge in [0.05, 0.1) is 11.4 Å². The molecule has 14 heteroatoms. The second kappa shape index (κ2) is 45.8. The Labute approximate surface area is 716 Å². The van der Waals surface area contributed by atoms with Gasteiger partial charge in [0.25, 0.3) is 0 Å². The molecule has 2 aromatic heterocycles. The van der Waals surface area contributed by atoms with Gasteiger partial charge in [0.1, 0.15) is 0 Å². The van der Waals surface area contributed by atoms with Crippen molar-refractivity contribution in [1.82, 2.24) is 19.8 Å². The van der Waals surface area contributed by atoms with Crippen LogP contribution in [0.2, 0.25) is 39.3 Å². The Hall–Kier alpha value is -3.14. The first-order valence-electron chi connectivity index (χ1n) is 39.8. The maximum atomic E-state index is 13.9. The molecule has 0 amide bonds. The third-order valence-corrected chi connectivity index (χ3v) is 17.8. The Morgan fingerprint density at radius 2 is 0.546 bits per heavy atom. The maximum absolute atomic E-state index is 13.9. The van der Waals surface area contributed by atoms with Crippen LogP contribution in [0.5, 0.6) is 23.0 Å². The fourth-order valence-electron chi connectivity index (χ4n) is 11.4. The van der Waals surface area contributed by atoms with Gasteiger partial charge in [-0.15, -0.1) is 39.1 Å². The van der Waals surface area contributed by atoms with E-state index in [0.717, 1.165) is 105 Å². The Morgan fingerprint density at radius 3 is 0.685 bits per heavy atom. The van der Waals surface area contributed by atoms with Crippen molar-refractivity contribution in [2.24, 2.45) is 0 Å². The smallest absolute Gasteiger partial charge is 0.872 e. The van der Waals surface area contributed by atoms with Crippen LogP contribution in [0, 0.1) is 13.1 Å². The fourth-order valence-corrected chi connectivity index (χ4v) is 11.4. The number of aromatic nitrogens is 2. The summed E-state index contributed by atoms with van der Waals surface area (Å²) in [4.78, 5) is 13.6. The van der Waals surface area contributed by atoms with Gasteiger partial charge in [0.2, 0.25) is 0 Å². The second-order valence-electron chi connectivity index (χ2n) is 40.4. The molecule has 2 aliphatic rings. The number of rotatable bonds is 15. The predicted molar refractivity (Wildman–Crippen MR) is 455 cm³/mol. The number of pyridine rings is 2. The molecule has 10 nitrogen and oxygen atoms in total. The van der Waals surface area contributed by atoms with Crippen molar-refractivity contribution < 1.29 is 95.3 Å². The van der Waals surface area contributed by atoms with Crippen LogP contribution in [0.25, 0.3) is 0 Å². The van der Waals surface area contributed by atoms with Crippen LogP contribution in [0.15, 0.2) is 97.3 Å². The molecule has 108 heavy (non-hydrogen) atoms. The minimum Gasteiger partial charge on any atom is -0.872 e. The molecule has 0 saturated carbocycles. The van der Waals surface area contributed by atoms with Crippen molar-refractivity contribution in [2.45, 2.75) is 353 Å². The van der Waals surface area contributed by atoms with Gasteiger partial charge < -0.3 is 43.0 Å². The first-order valence-corrected chi connectivity index (χ1v) is 47.2. The van der Waals surface area contributed by atoms with E-state index in [0.29, 0.717) is 39.3 Å². The molecule has 0 radical (unpaired) electrons. The molecule has 0 unspecified atom stereocenters. The molecular weight excluding hydrogens is 1520 g/mol. The predicted octanol–water partition coefficient (Wildman–Crippen LogP) is 22.8. The van der Waals surface area contributed by atoms with Crippen molar-refractivity contribution in [2.75, 3.05) is 26.4 Å². The number of hydrogen-bond donors (Lipinski definition) is 0. The van der Waals surface area contributed by atoms with Crippen molar-refractivity contribution in [3.63, 3.8) is 0 Å². The third-order valence-electron chi connectivity index (χ3n) is 17.8. The maximum Gasteiger partial charge on any atom is 3.00 e. The topological polar surface area (TPSA) is 143 Å². The van der Waals surface area contributed by atoms with Crippen LogP contribution >= 0.6 is 0 Å². The Bertz CT molecular complexity index is 3110. The number of nitrogens with zero attached hydrogens (tertiary/aromatic N) is 4. The molecule has 6 aromatic rings. The van der Waals surface area contributed by atoms with E-state index >= 15 is 0 Å². The van der Waals surface area contributed by atoms with Gasteiger partial charge in [0.15, 0.2) is 0 Å². The molecule has 2 fully saturated rings. The molecule has 2 aliphatic heterocycles. The van der Waals surface area contributed by atoms with E-state index < -0.39 is 16.1 Å². The Balaban J connectivity index is 0.00000156. The van der Waals surface area contributed by atoms with Crippen LogP contribution in [0.3, 0.4) is 0 Å². The Morgan fingerprint density at radius 1 is 0.343 bits per heavy atom. The zero-order valence-electron chi connectivity index (χ0n) is 74.8. The summed E-state index contributed by atoms with van der Waals surface area (Å²) < 4.78 is 9.89. The molecule has 0 spiro atoms. The van der Waals surface area contributed by atoms with Gasteiger partial charge in [-0.2, -0.15) is 0 Å². The van der Waals surface area contributed by atoms with E-state index in [1.54, 1.807) is 12.4 Å². The Kier molecular flexibility index (Phi) is 44.5. The van der Waals surface area contributed by atoms with Gasteiger partial charge in [-0.1, -0.05) is 306 Å². The molecule has 0 N–H and O–H groups in total. The largest absolute Gasteiger partial charge is 3.00 e. The first kappa shape index (κ1) is 105. The molecule has 4 heterocycles. The van der Waals surface area contributed by atoms with Gasteiger partial charge in [0, 0.05) is 78.1 Å². The molecule has 8 rings (SSSR count). The van der Waals surface area contributed by atoms with Crippen LogP contribution in [-0.2, 0) is 157 Å². The van der Waals surface area contributed by atoms with E-state index in [4.69, 9.17) is 9.47 Å². The number of ether oxygens (including phenoxy) is 2. The van der Waals surface area contributed by atoms with E-state index in [1.165, 1.54) is 51.4 Å². The second-order valence-corrected chi connectivity index (χ2v) is 50.7. The van der Waals surface area contributed by atoms with Gasteiger partial charge in [-0.25, -0.2) is 0 Å². The summed E-state index contributed by atoms with van der Waals surface area (Å²) in [7, 11) is -1.72. The summed E-state index contributed by atoms with van der Waals surface area (Å²) in [5.74, 6) is 0.362. The molecule has 2 saturated heterocycles. The van der Waals surface area contributed by atoms with Crippen LogP contribution < -0.4 is 20.4 Å². The zero-order valence-corrected chi connectivity index (χ0v) is 82.4. The van der Waals surface area contributed by atoms with Crippen molar-refractivity contribution in [1.29, 1.82) is 0 Å². The normalized spacial score (nSPS) is 13.6. The number of benzene rings is 4. The minimum atomic E-state index is -0.861. The quantitative estimate of drug-likeness (QED) is 0.0554. The minimum absolute atomic E-state index is 0. The van der Waals surface area contributed by atoms with E-state index in [2.05, 4.69) is 301 Å². The first-order chi connectivity index (χ1) is 48.3. The SMILES string of the molecule is C1CCOC1.C1CCOC1.CC(C)(C)c1cc(CN(Cc2ccccn2)Cc2cc(C(C)(C)C)cc(C(C)(C)C)c2[O-])c([O-])c(C(C)(C)C)c1.CC(C)(C)c1cc(CN(Cc2ccccn2)Cc2cc(C(C)(C)C)cc(C(C)(C)C)c2[O-])c([O-])c(C(C)(C)C)c1.CCCCCC.[CH2-][Si](C)(C)C.[CH2-][Si](C)(C)C.[Y+3].[Y+3]. The summed E-state index contributed by atoms with van der Waals surface area (Å²) in [6.45, 7) is 83.8. The summed E-state index contributed by atoms with van der Waals surface area (Å²) in [6.07, 6.45) is 14.2. The molecule has 4 aromatic carbocycles. The monoisotopic (exact) mass is 1670 g/mol. The molecule has 0 aliphatic carbocycles. The van der Waals surface area contributed by atoms with E-state index in [-0.39, 0.29) is 132 Å².